The van der Waals surface area contributed by atoms with Crippen molar-refractivity contribution in [3.8, 4) is 0 Å². The van der Waals surface area contributed by atoms with Crippen LogP contribution in [0.25, 0.3) is 0 Å². The molecule has 1 fully saturated rings. The Morgan fingerprint density at radius 1 is 1.26 bits per heavy atom. The molecule has 0 spiro atoms. The van der Waals surface area contributed by atoms with E-state index >= 15 is 0 Å². The van der Waals surface area contributed by atoms with Gasteiger partial charge in [-0.25, -0.2) is 18.4 Å². The summed E-state index contributed by atoms with van der Waals surface area (Å²) in [5, 5.41) is -0.120. The van der Waals surface area contributed by atoms with Gasteiger partial charge in [-0.2, -0.15) is 0 Å². The van der Waals surface area contributed by atoms with Crippen molar-refractivity contribution in [1.29, 1.82) is 0 Å². The molecular weight excluding hydrogens is 414 g/mol. The maximum Gasteiger partial charge on any atom is 0.253 e. The van der Waals surface area contributed by atoms with E-state index in [1.165, 1.54) is 18.3 Å². The van der Waals surface area contributed by atoms with Crippen LogP contribution in [0.5, 0.6) is 0 Å². The molecule has 0 radical (unpaired) electrons. The van der Waals surface area contributed by atoms with Gasteiger partial charge >= 0.3 is 0 Å². The molecule has 31 heavy (non-hydrogen) atoms. The number of anilines is 2. The number of rotatable bonds is 7. The average Bonchev–Trinajstić information content (AvgIpc) is 3.00. The van der Waals surface area contributed by atoms with Crippen LogP contribution >= 0.6 is 0 Å². The number of nitrogens with zero attached hydrogens (tertiary/aromatic N) is 4. The summed E-state index contributed by atoms with van der Waals surface area (Å²) in [4.78, 5) is 25.0. The lowest BCUT2D eigenvalue weighted by molar-refractivity contribution is 0.0997. The predicted molar refractivity (Wildman–Crippen MR) is 121 cm³/mol. The zero-order chi connectivity index (χ0) is 23.0. The first kappa shape index (κ1) is 23.0. The molecule has 1 unspecified atom stereocenters. The van der Waals surface area contributed by atoms with Crippen molar-refractivity contribution in [2.24, 2.45) is 11.7 Å². The fourth-order valence-electron chi connectivity index (χ4n) is 4.44. The minimum Gasteiger partial charge on any atom is -0.365 e. The Bertz CT molecular complexity index is 1080. The number of pyridine rings is 2. The molecule has 3 rings (SSSR count). The number of hydrogen-bond donors (Lipinski definition) is 1. The van der Waals surface area contributed by atoms with Crippen molar-refractivity contribution >= 4 is 27.4 Å². The zero-order valence-corrected chi connectivity index (χ0v) is 19.6. The quantitative estimate of drug-likeness (QED) is 0.698. The molecule has 8 nitrogen and oxygen atoms in total. The lowest BCUT2D eigenvalue weighted by Crippen LogP contribution is -2.40. The first-order valence-corrected chi connectivity index (χ1v) is 12.0. The van der Waals surface area contributed by atoms with Crippen molar-refractivity contribution in [1.82, 2.24) is 9.97 Å². The number of aromatic nitrogens is 2. The molecular formula is C22H31N5O3S. The fourth-order valence-corrected chi connectivity index (χ4v) is 5.84. The van der Waals surface area contributed by atoms with E-state index in [0.717, 1.165) is 6.42 Å². The third kappa shape index (κ3) is 4.23. The molecule has 1 aliphatic heterocycles. The molecule has 1 atom stereocenters. The number of nitrogens with two attached hydrogens (primary N) is 1. The second-order valence-corrected chi connectivity index (χ2v) is 10.5. The molecule has 2 N–H and O–H groups in total. The number of sulfone groups is 1. The topological polar surface area (TPSA) is 109 Å². The minimum atomic E-state index is -4.10. The van der Waals surface area contributed by atoms with Crippen LogP contribution in [-0.2, 0) is 9.84 Å². The molecule has 0 bridgehead atoms. The van der Waals surface area contributed by atoms with Gasteiger partial charge in [0.25, 0.3) is 5.91 Å². The van der Waals surface area contributed by atoms with Crippen LogP contribution in [0.4, 0.5) is 11.6 Å². The van der Waals surface area contributed by atoms with Crippen molar-refractivity contribution in [2.45, 2.75) is 56.5 Å². The van der Waals surface area contributed by atoms with Crippen LogP contribution < -0.4 is 15.5 Å². The second kappa shape index (κ2) is 8.45. The highest BCUT2D eigenvalue weighted by atomic mass is 32.2. The van der Waals surface area contributed by atoms with E-state index in [1.54, 1.807) is 12.1 Å². The summed E-state index contributed by atoms with van der Waals surface area (Å²) in [7, 11) is -4.10. The molecule has 0 saturated carbocycles. The number of primary amides is 1. The monoisotopic (exact) mass is 445 g/mol. The number of carbonyl (C=O) groups excluding carboxylic acids is 1. The molecule has 3 heterocycles. The molecule has 0 aromatic carbocycles. The Kier molecular flexibility index (Phi) is 6.27. The van der Waals surface area contributed by atoms with Crippen LogP contribution in [0, 0.1) is 5.92 Å². The SMILES string of the molecule is CCN(CC)c1cccc(S(=O)(=O)c2ccnc(N3CC(C)CC3(C)C)c2C(N)=O)n1. The lowest BCUT2D eigenvalue weighted by atomic mass is 9.97. The van der Waals surface area contributed by atoms with Crippen molar-refractivity contribution in [2.75, 3.05) is 29.4 Å². The summed E-state index contributed by atoms with van der Waals surface area (Å²) >= 11 is 0. The molecule has 2 aromatic rings. The molecule has 9 heteroatoms. The van der Waals surface area contributed by atoms with E-state index < -0.39 is 15.7 Å². The van der Waals surface area contributed by atoms with Crippen molar-refractivity contribution in [3.05, 3.63) is 36.0 Å². The third-order valence-electron chi connectivity index (χ3n) is 5.83. The normalized spacial score (nSPS) is 18.2. The van der Waals surface area contributed by atoms with Gasteiger partial charge in [0.1, 0.15) is 17.2 Å². The fraction of sp³-hybridized carbons (Fsp3) is 0.500. The van der Waals surface area contributed by atoms with Gasteiger partial charge in [-0.3, -0.25) is 4.79 Å². The Morgan fingerprint density at radius 3 is 2.48 bits per heavy atom. The first-order chi connectivity index (χ1) is 14.5. The Hall–Kier alpha value is -2.68. The number of hydrogen-bond acceptors (Lipinski definition) is 7. The molecule has 1 amide bonds. The Balaban J connectivity index is 2.17. The lowest BCUT2D eigenvalue weighted by Gasteiger charge is -2.33. The van der Waals surface area contributed by atoms with E-state index in [2.05, 4.69) is 30.7 Å². The van der Waals surface area contributed by atoms with Crippen LogP contribution in [0.1, 0.15) is 51.4 Å². The van der Waals surface area contributed by atoms with Gasteiger partial charge in [-0.15, -0.1) is 0 Å². The molecule has 1 saturated heterocycles. The van der Waals surface area contributed by atoms with E-state index in [-0.39, 0.29) is 21.0 Å². The summed E-state index contributed by atoms with van der Waals surface area (Å²) in [6.07, 6.45) is 2.32. The summed E-state index contributed by atoms with van der Waals surface area (Å²) in [6.45, 7) is 12.2. The zero-order valence-electron chi connectivity index (χ0n) is 18.8. The number of carbonyl (C=O) groups is 1. The van der Waals surface area contributed by atoms with Gasteiger partial charge in [0.05, 0.1) is 4.90 Å². The standard InChI is InChI=1S/C22H31N5O3S/c1-6-26(7-2)17-9-8-10-18(25-17)31(29,30)16-11-12-24-21(19(16)20(23)28)27-14-15(3)13-22(27,4)5/h8-12,15H,6-7,13-14H2,1-5H3,(H2,23,28). The van der Waals surface area contributed by atoms with E-state index in [4.69, 9.17) is 5.73 Å². The van der Waals surface area contributed by atoms with Crippen LogP contribution in [0.3, 0.4) is 0 Å². The van der Waals surface area contributed by atoms with Crippen LogP contribution in [0.2, 0.25) is 0 Å². The van der Waals surface area contributed by atoms with Crippen molar-refractivity contribution < 1.29 is 13.2 Å². The third-order valence-corrected chi connectivity index (χ3v) is 7.53. The maximum atomic E-state index is 13.6. The second-order valence-electron chi connectivity index (χ2n) is 8.61. The smallest absolute Gasteiger partial charge is 0.253 e. The highest BCUT2D eigenvalue weighted by Crippen LogP contribution is 2.39. The van der Waals surface area contributed by atoms with Gasteiger partial charge in [0.2, 0.25) is 9.84 Å². The minimum absolute atomic E-state index is 0.0836. The largest absolute Gasteiger partial charge is 0.365 e. The van der Waals surface area contributed by atoms with E-state index in [1.807, 2.05) is 23.6 Å². The molecule has 168 valence electrons. The summed E-state index contributed by atoms with van der Waals surface area (Å²) in [5.74, 6) is 0.431. The maximum absolute atomic E-state index is 13.6. The molecule has 0 aliphatic carbocycles. The van der Waals surface area contributed by atoms with Crippen molar-refractivity contribution in [3.63, 3.8) is 0 Å². The van der Waals surface area contributed by atoms with Crippen LogP contribution in [0.15, 0.2) is 40.4 Å². The summed E-state index contributed by atoms with van der Waals surface area (Å²) < 4.78 is 27.1. The summed E-state index contributed by atoms with van der Waals surface area (Å²) in [6, 6.07) is 6.20. The van der Waals surface area contributed by atoms with Gasteiger partial charge in [-0.05, 0) is 58.2 Å². The van der Waals surface area contributed by atoms with Gasteiger partial charge < -0.3 is 15.5 Å². The summed E-state index contributed by atoms with van der Waals surface area (Å²) in [5.41, 5.74) is 5.34. The molecule has 2 aromatic heterocycles. The first-order valence-electron chi connectivity index (χ1n) is 10.6. The van der Waals surface area contributed by atoms with E-state index in [9.17, 15) is 13.2 Å². The van der Waals surface area contributed by atoms with E-state index in [0.29, 0.717) is 37.2 Å². The highest BCUT2D eigenvalue weighted by Gasteiger charge is 2.40. The molecule has 1 aliphatic rings. The van der Waals surface area contributed by atoms with Gasteiger partial charge in [0.15, 0.2) is 5.03 Å². The average molecular weight is 446 g/mol. The van der Waals surface area contributed by atoms with Gasteiger partial charge in [0, 0.05) is 31.4 Å². The Labute approximate surface area is 184 Å². The highest BCUT2D eigenvalue weighted by molar-refractivity contribution is 7.91. The predicted octanol–water partition coefficient (Wildman–Crippen LogP) is 2.88. The van der Waals surface area contributed by atoms with Crippen LogP contribution in [-0.4, -0.2) is 49.5 Å². The van der Waals surface area contributed by atoms with Gasteiger partial charge in [-0.1, -0.05) is 13.0 Å². The Morgan fingerprint density at radius 2 is 1.94 bits per heavy atom. The number of amides is 1.